The number of nitro benzene ring substituents is 1. The number of carbonyl (C=O) groups excluding carboxylic acids is 1. The third-order valence-corrected chi connectivity index (χ3v) is 3.43. The minimum Gasteiger partial charge on any atom is -0.506 e. The van der Waals surface area contributed by atoms with Crippen LogP contribution in [0.15, 0.2) is 48.5 Å². The van der Waals surface area contributed by atoms with Crippen molar-refractivity contribution in [3.63, 3.8) is 0 Å². The minimum absolute atomic E-state index is 0.0659. The molecule has 0 bridgehead atoms. The average Bonchev–Trinajstić information content (AvgIpc) is 2.61. The van der Waals surface area contributed by atoms with Crippen LogP contribution in [0.1, 0.15) is 5.56 Å². The number of methoxy groups -OCH3 is 1. The van der Waals surface area contributed by atoms with E-state index in [4.69, 9.17) is 17.0 Å². The molecule has 0 radical (unpaired) electrons. The molecule has 8 nitrogen and oxygen atoms in total. The Morgan fingerprint density at radius 3 is 2.69 bits per heavy atom. The molecule has 0 unspecified atom stereocenters. The molecule has 0 aliphatic rings. The summed E-state index contributed by atoms with van der Waals surface area (Å²) in [4.78, 5) is 21.9. The highest BCUT2D eigenvalue weighted by atomic mass is 32.1. The number of non-ortho nitro benzene ring substituents is 1. The zero-order valence-corrected chi connectivity index (χ0v) is 14.4. The molecular weight excluding hydrogens is 358 g/mol. The van der Waals surface area contributed by atoms with Gasteiger partial charge in [-0.15, -0.1) is 0 Å². The lowest BCUT2D eigenvalue weighted by atomic mass is 10.2. The zero-order valence-electron chi connectivity index (χ0n) is 13.6. The smallest absolute Gasteiger partial charge is 0.273 e. The van der Waals surface area contributed by atoms with Gasteiger partial charge in [-0.1, -0.05) is 18.2 Å². The Hall–Kier alpha value is -3.46. The molecule has 0 fully saturated rings. The summed E-state index contributed by atoms with van der Waals surface area (Å²) in [5, 5.41) is 25.3. The van der Waals surface area contributed by atoms with Gasteiger partial charge < -0.3 is 15.2 Å². The molecule has 0 aliphatic heterocycles. The van der Waals surface area contributed by atoms with E-state index in [9.17, 15) is 20.0 Å². The molecular formula is C17H15N3O5S. The number of nitro groups is 1. The molecule has 1 amide bonds. The van der Waals surface area contributed by atoms with Crippen LogP contribution in [-0.4, -0.2) is 28.2 Å². The highest BCUT2D eigenvalue weighted by Gasteiger charge is 2.11. The Balaban J connectivity index is 1.98. The Morgan fingerprint density at radius 1 is 1.31 bits per heavy atom. The van der Waals surface area contributed by atoms with Crippen molar-refractivity contribution in [3.05, 3.63) is 64.2 Å². The number of para-hydroxylation sites is 1. The highest BCUT2D eigenvalue weighted by Crippen LogP contribution is 2.27. The first-order chi connectivity index (χ1) is 12.4. The molecule has 0 aliphatic carbocycles. The Morgan fingerprint density at radius 2 is 2.04 bits per heavy atom. The Labute approximate surface area is 154 Å². The predicted molar refractivity (Wildman–Crippen MR) is 101 cm³/mol. The van der Waals surface area contributed by atoms with E-state index in [1.807, 2.05) is 12.1 Å². The first-order valence-corrected chi connectivity index (χ1v) is 7.72. The number of amides is 1. The van der Waals surface area contributed by atoms with Crippen molar-refractivity contribution in [3.8, 4) is 11.5 Å². The Kier molecular flexibility index (Phi) is 6.23. The number of rotatable bonds is 5. The van der Waals surface area contributed by atoms with Crippen molar-refractivity contribution >= 4 is 40.7 Å². The maximum Gasteiger partial charge on any atom is 0.273 e. The first kappa shape index (κ1) is 18.9. The quantitative estimate of drug-likeness (QED) is 0.243. The summed E-state index contributed by atoms with van der Waals surface area (Å²) >= 11 is 4.99. The van der Waals surface area contributed by atoms with Gasteiger partial charge in [-0.3, -0.25) is 20.2 Å². The predicted octanol–water partition coefficient (Wildman–Crippen LogP) is 2.84. The van der Waals surface area contributed by atoms with E-state index >= 15 is 0 Å². The van der Waals surface area contributed by atoms with Gasteiger partial charge in [-0.2, -0.15) is 0 Å². The van der Waals surface area contributed by atoms with Gasteiger partial charge >= 0.3 is 0 Å². The maximum absolute atomic E-state index is 11.9. The van der Waals surface area contributed by atoms with Gasteiger partial charge in [-0.25, -0.2) is 0 Å². The summed E-state index contributed by atoms with van der Waals surface area (Å²) in [6.07, 6.45) is 2.85. The summed E-state index contributed by atoms with van der Waals surface area (Å²) in [6.45, 7) is 0. The monoisotopic (exact) mass is 373 g/mol. The molecule has 2 aromatic carbocycles. The van der Waals surface area contributed by atoms with Gasteiger partial charge in [0.25, 0.3) is 5.69 Å². The lowest BCUT2D eigenvalue weighted by Gasteiger charge is -2.09. The number of carbonyl (C=O) groups is 1. The number of hydrogen-bond acceptors (Lipinski definition) is 6. The fraction of sp³-hybridized carbons (Fsp3) is 0.0588. The molecule has 26 heavy (non-hydrogen) atoms. The van der Waals surface area contributed by atoms with Gasteiger partial charge in [0.05, 0.1) is 23.8 Å². The number of aromatic hydroxyl groups is 1. The number of phenolic OH excluding ortho intramolecular Hbond substituents is 1. The summed E-state index contributed by atoms with van der Waals surface area (Å²) in [6, 6.07) is 10.6. The average molecular weight is 373 g/mol. The number of benzene rings is 2. The van der Waals surface area contributed by atoms with Gasteiger partial charge in [0, 0.05) is 17.7 Å². The van der Waals surface area contributed by atoms with Crippen molar-refractivity contribution < 1.29 is 19.6 Å². The molecule has 0 aromatic heterocycles. The van der Waals surface area contributed by atoms with Crippen LogP contribution in [0, 0.1) is 10.1 Å². The lowest BCUT2D eigenvalue weighted by Crippen LogP contribution is -2.32. The van der Waals surface area contributed by atoms with Crippen LogP contribution in [0.2, 0.25) is 0 Å². The topological polar surface area (TPSA) is 114 Å². The molecule has 0 saturated heterocycles. The number of nitrogens with one attached hydrogen (secondary N) is 2. The molecule has 2 rings (SSSR count). The summed E-state index contributed by atoms with van der Waals surface area (Å²) in [5.74, 6) is -0.233. The number of phenols is 1. The third-order valence-electron chi connectivity index (χ3n) is 3.23. The Bertz CT molecular complexity index is 882. The van der Waals surface area contributed by atoms with Crippen LogP contribution in [-0.2, 0) is 4.79 Å². The standard InChI is InChI=1S/C17H15N3O5S/c1-25-15-5-3-2-4-11(15)6-9-16(22)19-17(26)18-13-8-7-12(20(23)24)10-14(13)21/h2-10,21H,1H3,(H2,18,19,22,26)/b9-6+. The van der Waals surface area contributed by atoms with Gasteiger partial charge in [-0.05, 0) is 30.4 Å². The third kappa shape index (κ3) is 5.02. The lowest BCUT2D eigenvalue weighted by molar-refractivity contribution is -0.384. The van der Waals surface area contributed by atoms with E-state index in [1.165, 1.54) is 25.3 Å². The van der Waals surface area contributed by atoms with Crippen molar-refractivity contribution in [2.24, 2.45) is 0 Å². The van der Waals surface area contributed by atoms with Crippen molar-refractivity contribution in [2.75, 3.05) is 12.4 Å². The van der Waals surface area contributed by atoms with Crippen LogP contribution in [0.25, 0.3) is 6.08 Å². The van der Waals surface area contributed by atoms with E-state index in [0.29, 0.717) is 5.75 Å². The SMILES string of the molecule is COc1ccccc1/C=C/C(=O)NC(=S)Nc1ccc([N+](=O)[O-])cc1O. The van der Waals surface area contributed by atoms with Crippen LogP contribution < -0.4 is 15.4 Å². The van der Waals surface area contributed by atoms with Gasteiger partial charge in [0.1, 0.15) is 11.5 Å². The van der Waals surface area contributed by atoms with Gasteiger partial charge in [0.2, 0.25) is 5.91 Å². The molecule has 0 atom stereocenters. The van der Waals surface area contributed by atoms with E-state index in [0.717, 1.165) is 11.6 Å². The summed E-state index contributed by atoms with van der Waals surface area (Å²) < 4.78 is 5.18. The highest BCUT2D eigenvalue weighted by molar-refractivity contribution is 7.80. The second-order valence-electron chi connectivity index (χ2n) is 4.98. The second kappa shape index (κ2) is 8.58. The number of hydrogen-bond donors (Lipinski definition) is 3. The molecule has 134 valence electrons. The normalized spacial score (nSPS) is 10.3. The molecule has 0 saturated carbocycles. The fourth-order valence-corrected chi connectivity index (χ4v) is 2.23. The van der Waals surface area contributed by atoms with Crippen molar-refractivity contribution in [2.45, 2.75) is 0 Å². The number of ether oxygens (including phenoxy) is 1. The number of nitrogens with zero attached hydrogens (tertiary/aromatic N) is 1. The fourth-order valence-electron chi connectivity index (χ4n) is 2.02. The molecule has 0 heterocycles. The minimum atomic E-state index is -0.633. The van der Waals surface area contributed by atoms with Crippen molar-refractivity contribution in [1.82, 2.24) is 5.32 Å². The maximum atomic E-state index is 11.9. The van der Waals surface area contributed by atoms with E-state index in [1.54, 1.807) is 18.2 Å². The summed E-state index contributed by atoms with van der Waals surface area (Å²) in [5.41, 5.74) is 0.592. The molecule has 0 spiro atoms. The van der Waals surface area contributed by atoms with E-state index in [2.05, 4.69) is 10.6 Å². The van der Waals surface area contributed by atoms with Crippen LogP contribution in [0.5, 0.6) is 11.5 Å². The van der Waals surface area contributed by atoms with Crippen LogP contribution in [0.3, 0.4) is 0 Å². The summed E-state index contributed by atoms with van der Waals surface area (Å²) in [7, 11) is 1.53. The molecule has 2 aromatic rings. The van der Waals surface area contributed by atoms with Crippen molar-refractivity contribution in [1.29, 1.82) is 0 Å². The molecule has 3 N–H and O–H groups in total. The largest absolute Gasteiger partial charge is 0.506 e. The van der Waals surface area contributed by atoms with E-state index < -0.39 is 10.8 Å². The zero-order chi connectivity index (χ0) is 19.1. The van der Waals surface area contributed by atoms with Gasteiger partial charge in [0.15, 0.2) is 5.11 Å². The first-order valence-electron chi connectivity index (χ1n) is 7.31. The van der Waals surface area contributed by atoms with E-state index in [-0.39, 0.29) is 22.2 Å². The van der Waals surface area contributed by atoms with Crippen LogP contribution >= 0.6 is 12.2 Å². The second-order valence-corrected chi connectivity index (χ2v) is 5.39. The van der Waals surface area contributed by atoms with Crippen LogP contribution in [0.4, 0.5) is 11.4 Å². The number of anilines is 1. The molecule has 9 heteroatoms. The number of thiocarbonyl (C=S) groups is 1.